The van der Waals surface area contributed by atoms with Gasteiger partial charge in [0.1, 0.15) is 17.9 Å². The molecule has 0 spiro atoms. The van der Waals surface area contributed by atoms with Crippen LogP contribution in [0.15, 0.2) is 30.6 Å². The first-order valence-corrected chi connectivity index (χ1v) is 5.93. The van der Waals surface area contributed by atoms with E-state index >= 15 is 0 Å². The maximum absolute atomic E-state index is 8.98. The molecule has 0 saturated carbocycles. The van der Waals surface area contributed by atoms with E-state index in [9.17, 15) is 0 Å². The van der Waals surface area contributed by atoms with Crippen LogP contribution >= 0.6 is 0 Å². The van der Waals surface area contributed by atoms with Crippen molar-refractivity contribution in [3.05, 3.63) is 36.2 Å². The number of ether oxygens (including phenoxy) is 1. The van der Waals surface area contributed by atoms with Gasteiger partial charge in [0.25, 0.3) is 0 Å². The second-order valence-corrected chi connectivity index (χ2v) is 3.85. The van der Waals surface area contributed by atoms with Crippen molar-refractivity contribution < 1.29 is 4.74 Å². The van der Waals surface area contributed by atoms with Gasteiger partial charge in [-0.2, -0.15) is 5.26 Å². The Balaban J connectivity index is 2.50. The summed E-state index contributed by atoms with van der Waals surface area (Å²) in [5, 5.41) is 12.1. The maximum Gasteiger partial charge on any atom is 0.129 e. The van der Waals surface area contributed by atoms with Gasteiger partial charge in [0.2, 0.25) is 0 Å². The van der Waals surface area contributed by atoms with E-state index in [2.05, 4.69) is 21.4 Å². The Morgan fingerprint density at radius 1 is 1.32 bits per heavy atom. The van der Waals surface area contributed by atoms with Crippen molar-refractivity contribution in [2.45, 2.75) is 6.92 Å². The summed E-state index contributed by atoms with van der Waals surface area (Å²) in [5.74, 6) is 1.43. The summed E-state index contributed by atoms with van der Waals surface area (Å²) >= 11 is 0. The number of nitriles is 1. The van der Waals surface area contributed by atoms with E-state index < -0.39 is 0 Å². The van der Waals surface area contributed by atoms with E-state index in [0.29, 0.717) is 11.3 Å². The van der Waals surface area contributed by atoms with Gasteiger partial charge in [-0.1, -0.05) is 0 Å². The molecule has 19 heavy (non-hydrogen) atoms. The third kappa shape index (κ3) is 2.80. The van der Waals surface area contributed by atoms with Crippen LogP contribution in [0.2, 0.25) is 0 Å². The molecule has 96 valence electrons. The van der Waals surface area contributed by atoms with E-state index in [1.807, 2.05) is 13.0 Å². The molecule has 0 aliphatic rings. The summed E-state index contributed by atoms with van der Waals surface area (Å²) in [7, 11) is 1.59. The molecule has 1 aromatic carbocycles. The van der Waals surface area contributed by atoms with Crippen LogP contribution < -0.4 is 10.1 Å². The normalized spacial score (nSPS) is 9.74. The number of rotatable bonds is 4. The average Bonchev–Trinajstić information content (AvgIpc) is 2.47. The largest absolute Gasteiger partial charge is 0.496 e. The summed E-state index contributed by atoms with van der Waals surface area (Å²) in [6.45, 7) is 2.78. The molecule has 5 nitrogen and oxygen atoms in total. The number of anilines is 1. The molecule has 0 fully saturated rings. The fraction of sp³-hybridized carbons (Fsp3) is 0.214. The molecular weight excluding hydrogens is 240 g/mol. The number of benzene rings is 1. The number of hydrogen-bond acceptors (Lipinski definition) is 5. The third-order valence-electron chi connectivity index (χ3n) is 2.63. The highest BCUT2D eigenvalue weighted by atomic mass is 16.5. The van der Waals surface area contributed by atoms with Crippen molar-refractivity contribution in [1.82, 2.24) is 9.97 Å². The Hall–Kier alpha value is -2.61. The lowest BCUT2D eigenvalue weighted by molar-refractivity contribution is 0.416. The predicted molar refractivity (Wildman–Crippen MR) is 72.9 cm³/mol. The lowest BCUT2D eigenvalue weighted by Crippen LogP contribution is -2.00. The molecule has 0 aliphatic heterocycles. The van der Waals surface area contributed by atoms with E-state index in [0.717, 1.165) is 23.6 Å². The molecule has 0 atom stereocenters. The number of nitrogens with zero attached hydrogens (tertiary/aromatic N) is 3. The Labute approximate surface area is 111 Å². The molecule has 1 N–H and O–H groups in total. The minimum atomic E-state index is 0.569. The molecule has 0 unspecified atom stereocenters. The first kappa shape index (κ1) is 12.8. The van der Waals surface area contributed by atoms with Crippen LogP contribution in [0.5, 0.6) is 5.75 Å². The fourth-order valence-electron chi connectivity index (χ4n) is 1.76. The van der Waals surface area contributed by atoms with Gasteiger partial charge in [-0.15, -0.1) is 0 Å². The summed E-state index contributed by atoms with van der Waals surface area (Å²) in [4.78, 5) is 8.36. The number of methoxy groups -OCH3 is 1. The van der Waals surface area contributed by atoms with Gasteiger partial charge in [0.15, 0.2) is 0 Å². The zero-order valence-corrected chi connectivity index (χ0v) is 10.8. The molecule has 0 bridgehead atoms. The molecule has 0 amide bonds. The van der Waals surface area contributed by atoms with Gasteiger partial charge >= 0.3 is 0 Å². The molecule has 2 rings (SSSR count). The summed E-state index contributed by atoms with van der Waals surface area (Å²) < 4.78 is 5.31. The minimum absolute atomic E-state index is 0.569. The van der Waals surface area contributed by atoms with Crippen molar-refractivity contribution >= 4 is 5.82 Å². The van der Waals surface area contributed by atoms with Gasteiger partial charge in [0.05, 0.1) is 24.4 Å². The lowest BCUT2D eigenvalue weighted by Gasteiger charge is -2.09. The van der Waals surface area contributed by atoms with Crippen molar-refractivity contribution in [2.24, 2.45) is 0 Å². The third-order valence-corrected chi connectivity index (χ3v) is 2.63. The van der Waals surface area contributed by atoms with Crippen LogP contribution in [0, 0.1) is 11.3 Å². The zero-order valence-electron chi connectivity index (χ0n) is 10.8. The van der Waals surface area contributed by atoms with Crippen LogP contribution in [-0.2, 0) is 0 Å². The molecule has 1 aromatic heterocycles. The molecule has 0 saturated heterocycles. The molecule has 2 aromatic rings. The quantitative estimate of drug-likeness (QED) is 0.907. The summed E-state index contributed by atoms with van der Waals surface area (Å²) in [6, 6.07) is 9.19. The van der Waals surface area contributed by atoms with Gasteiger partial charge in [-0.3, -0.25) is 0 Å². The highest BCUT2D eigenvalue weighted by Gasteiger charge is 2.09. The van der Waals surface area contributed by atoms with Crippen molar-refractivity contribution in [1.29, 1.82) is 5.26 Å². The van der Waals surface area contributed by atoms with Crippen LogP contribution in [-0.4, -0.2) is 23.6 Å². The number of aromatic nitrogens is 2. The highest BCUT2D eigenvalue weighted by Crippen LogP contribution is 2.30. The maximum atomic E-state index is 8.98. The van der Waals surface area contributed by atoms with Gasteiger partial charge in [-0.05, 0) is 25.1 Å². The summed E-state index contributed by atoms with van der Waals surface area (Å²) in [5.41, 5.74) is 2.07. The zero-order chi connectivity index (χ0) is 13.7. The second-order valence-electron chi connectivity index (χ2n) is 3.85. The number of nitrogens with one attached hydrogen (secondary N) is 1. The van der Waals surface area contributed by atoms with Crippen molar-refractivity contribution in [3.8, 4) is 23.1 Å². The molecule has 1 heterocycles. The SMILES string of the molecule is CCNc1cc(-c2cc(C#N)ccc2OC)ncn1. The van der Waals surface area contributed by atoms with Gasteiger partial charge in [-0.25, -0.2) is 9.97 Å². The topological polar surface area (TPSA) is 70.8 Å². The standard InChI is InChI=1S/C14H14N4O/c1-3-16-14-7-12(17-9-18-14)11-6-10(8-15)4-5-13(11)19-2/h4-7,9H,3H2,1-2H3,(H,16,17,18). The summed E-state index contributed by atoms with van der Waals surface area (Å²) in [6.07, 6.45) is 1.49. The van der Waals surface area contributed by atoms with Crippen molar-refractivity contribution in [2.75, 3.05) is 19.0 Å². The molecular formula is C14H14N4O. The second kappa shape index (κ2) is 5.83. The van der Waals surface area contributed by atoms with Crippen LogP contribution in [0.25, 0.3) is 11.3 Å². The average molecular weight is 254 g/mol. The van der Waals surface area contributed by atoms with Crippen LogP contribution in [0.3, 0.4) is 0 Å². The monoisotopic (exact) mass is 254 g/mol. The van der Waals surface area contributed by atoms with Gasteiger partial charge < -0.3 is 10.1 Å². The first-order chi connectivity index (χ1) is 9.28. The molecule has 5 heteroatoms. The van der Waals surface area contributed by atoms with Gasteiger partial charge in [0, 0.05) is 18.2 Å². The van der Waals surface area contributed by atoms with Crippen LogP contribution in [0.4, 0.5) is 5.82 Å². The predicted octanol–water partition coefficient (Wildman–Crippen LogP) is 2.46. The Morgan fingerprint density at radius 3 is 2.84 bits per heavy atom. The minimum Gasteiger partial charge on any atom is -0.496 e. The van der Waals surface area contributed by atoms with E-state index in [1.165, 1.54) is 6.33 Å². The van der Waals surface area contributed by atoms with E-state index in [1.54, 1.807) is 25.3 Å². The molecule has 0 radical (unpaired) electrons. The first-order valence-electron chi connectivity index (χ1n) is 5.93. The van der Waals surface area contributed by atoms with E-state index in [4.69, 9.17) is 10.00 Å². The van der Waals surface area contributed by atoms with Crippen molar-refractivity contribution in [3.63, 3.8) is 0 Å². The molecule has 0 aliphatic carbocycles. The Bertz CT molecular complexity index is 619. The Kier molecular flexibility index (Phi) is 3.94. The lowest BCUT2D eigenvalue weighted by atomic mass is 10.1. The fourth-order valence-corrected chi connectivity index (χ4v) is 1.76. The smallest absolute Gasteiger partial charge is 0.129 e. The Morgan fingerprint density at radius 2 is 2.16 bits per heavy atom. The van der Waals surface area contributed by atoms with Crippen LogP contribution in [0.1, 0.15) is 12.5 Å². The van der Waals surface area contributed by atoms with E-state index in [-0.39, 0.29) is 0 Å². The highest BCUT2D eigenvalue weighted by molar-refractivity contribution is 5.70. The number of hydrogen-bond donors (Lipinski definition) is 1.